The maximum absolute atomic E-state index is 14.7. The number of ether oxygens (including phenoxy) is 3. The Kier molecular flexibility index (Phi) is 5.40. The van der Waals surface area contributed by atoms with E-state index in [4.69, 9.17) is 14.2 Å². The first kappa shape index (κ1) is 19.0. The highest BCUT2D eigenvalue weighted by molar-refractivity contribution is 5.45. The molecule has 2 atom stereocenters. The van der Waals surface area contributed by atoms with Crippen molar-refractivity contribution in [2.24, 2.45) is 5.92 Å². The molecule has 3 heterocycles. The summed E-state index contributed by atoms with van der Waals surface area (Å²) in [7, 11) is 1.65. The number of hydrogen-bond donors (Lipinski definition) is 0. The molecule has 0 amide bonds. The zero-order chi connectivity index (χ0) is 19.7. The highest BCUT2D eigenvalue weighted by Crippen LogP contribution is 2.37. The van der Waals surface area contributed by atoms with Gasteiger partial charge < -0.3 is 14.2 Å². The molecule has 0 aliphatic carbocycles. The normalized spacial score (nSPS) is 20.2. The van der Waals surface area contributed by atoms with Crippen molar-refractivity contribution in [1.82, 2.24) is 9.88 Å². The van der Waals surface area contributed by atoms with Gasteiger partial charge in [0.2, 0.25) is 5.88 Å². The molecule has 0 bridgehead atoms. The third-order valence-corrected chi connectivity index (χ3v) is 5.70. The third-order valence-electron chi connectivity index (χ3n) is 5.70. The zero-order valence-corrected chi connectivity index (χ0v) is 16.7. The van der Waals surface area contributed by atoms with E-state index in [9.17, 15) is 4.39 Å². The topological polar surface area (TPSA) is 43.8 Å². The molecule has 2 aromatic rings. The van der Waals surface area contributed by atoms with Crippen molar-refractivity contribution in [3.63, 3.8) is 0 Å². The predicted octanol–water partition coefficient (Wildman–Crippen LogP) is 3.93. The van der Waals surface area contributed by atoms with Gasteiger partial charge in [0.15, 0.2) is 11.5 Å². The number of halogens is 1. The molecule has 0 saturated carbocycles. The van der Waals surface area contributed by atoms with Gasteiger partial charge in [-0.3, -0.25) is 4.90 Å². The quantitative estimate of drug-likeness (QED) is 0.779. The summed E-state index contributed by atoms with van der Waals surface area (Å²) in [5, 5.41) is 0. The maximum Gasteiger partial charge on any atom is 0.213 e. The molecule has 4 rings (SSSR count). The van der Waals surface area contributed by atoms with Crippen molar-refractivity contribution in [2.75, 3.05) is 33.4 Å². The van der Waals surface area contributed by atoms with Crippen LogP contribution < -0.4 is 14.2 Å². The van der Waals surface area contributed by atoms with Crippen molar-refractivity contribution in [3.8, 4) is 17.4 Å². The van der Waals surface area contributed by atoms with E-state index in [1.807, 2.05) is 13.0 Å². The second-order valence-corrected chi connectivity index (χ2v) is 7.71. The number of rotatable bonds is 5. The van der Waals surface area contributed by atoms with Crippen molar-refractivity contribution in [2.45, 2.75) is 32.7 Å². The fraction of sp³-hybridized carbons (Fsp3) is 0.500. The molecule has 1 saturated heterocycles. The van der Waals surface area contributed by atoms with Gasteiger partial charge in [-0.15, -0.1) is 0 Å². The lowest BCUT2D eigenvalue weighted by Crippen LogP contribution is -2.26. The predicted molar refractivity (Wildman–Crippen MR) is 105 cm³/mol. The average molecular weight is 386 g/mol. The number of fused-ring (bicyclic) bond motifs is 1. The Morgan fingerprint density at radius 1 is 1.21 bits per heavy atom. The van der Waals surface area contributed by atoms with Crippen LogP contribution in [0.1, 0.15) is 36.2 Å². The number of methoxy groups -OCH3 is 1. The van der Waals surface area contributed by atoms with Crippen molar-refractivity contribution < 1.29 is 18.6 Å². The highest BCUT2D eigenvalue weighted by Gasteiger charge is 2.29. The Balaban J connectivity index is 1.45. The third kappa shape index (κ3) is 3.92. The fourth-order valence-corrected chi connectivity index (χ4v) is 4.24. The molecular formula is C22H27FN2O3. The van der Waals surface area contributed by atoms with Crippen LogP contribution in [0.5, 0.6) is 17.4 Å². The summed E-state index contributed by atoms with van der Waals surface area (Å²) in [4.78, 5) is 6.71. The van der Waals surface area contributed by atoms with Gasteiger partial charge >= 0.3 is 0 Å². The van der Waals surface area contributed by atoms with E-state index in [0.29, 0.717) is 42.1 Å². The Morgan fingerprint density at radius 3 is 2.71 bits per heavy atom. The van der Waals surface area contributed by atoms with Gasteiger partial charge in [0, 0.05) is 36.0 Å². The maximum atomic E-state index is 14.7. The van der Waals surface area contributed by atoms with Crippen LogP contribution >= 0.6 is 0 Å². The molecule has 1 aromatic carbocycles. The van der Waals surface area contributed by atoms with Crippen LogP contribution in [0.25, 0.3) is 0 Å². The van der Waals surface area contributed by atoms with Gasteiger partial charge in [-0.05, 0) is 56.8 Å². The fourth-order valence-electron chi connectivity index (χ4n) is 4.24. The molecule has 5 nitrogen and oxygen atoms in total. The molecule has 1 aromatic heterocycles. The Labute approximate surface area is 165 Å². The molecule has 1 fully saturated rings. The van der Waals surface area contributed by atoms with Crippen LogP contribution in [0.15, 0.2) is 24.3 Å². The first-order valence-electron chi connectivity index (χ1n) is 9.88. The van der Waals surface area contributed by atoms with Crippen LogP contribution in [0, 0.1) is 18.7 Å². The minimum Gasteiger partial charge on any atom is -0.486 e. The van der Waals surface area contributed by atoms with E-state index >= 15 is 0 Å². The van der Waals surface area contributed by atoms with Crippen molar-refractivity contribution in [1.29, 1.82) is 0 Å². The lowest BCUT2D eigenvalue weighted by molar-refractivity contribution is 0.169. The molecule has 150 valence electrons. The largest absolute Gasteiger partial charge is 0.486 e. The van der Waals surface area contributed by atoms with E-state index in [2.05, 4.69) is 22.9 Å². The highest BCUT2D eigenvalue weighted by atomic mass is 19.1. The molecule has 0 radical (unpaired) electrons. The summed E-state index contributed by atoms with van der Waals surface area (Å²) in [6.07, 6.45) is 2.08. The SMILES string of the molecule is COc1cc(C[C@H]2CCN([C@@H](C)c3cc4c(cc3F)OCCO4)C2)cc(C)n1. The van der Waals surface area contributed by atoms with Crippen LogP contribution in [-0.4, -0.2) is 43.3 Å². The summed E-state index contributed by atoms with van der Waals surface area (Å²) in [6, 6.07) is 7.39. The minimum atomic E-state index is -0.227. The number of nitrogens with zero attached hydrogens (tertiary/aromatic N) is 2. The molecule has 0 spiro atoms. The van der Waals surface area contributed by atoms with Crippen molar-refractivity contribution >= 4 is 0 Å². The molecule has 6 heteroatoms. The summed E-state index contributed by atoms with van der Waals surface area (Å²) >= 11 is 0. The Bertz CT molecular complexity index is 858. The molecule has 0 N–H and O–H groups in total. The van der Waals surface area contributed by atoms with E-state index in [1.54, 1.807) is 13.2 Å². The number of likely N-dealkylation sites (tertiary alicyclic amines) is 1. The number of pyridine rings is 1. The average Bonchev–Trinajstić information content (AvgIpc) is 3.14. The number of aromatic nitrogens is 1. The lowest BCUT2D eigenvalue weighted by Gasteiger charge is -2.27. The summed E-state index contributed by atoms with van der Waals surface area (Å²) in [5.74, 6) is 2.12. The standard InChI is InChI=1S/C22H27FN2O3/c1-14-8-17(10-22(24-14)26-3)9-16-4-5-25(13-16)15(2)18-11-20-21(12-19(18)23)28-7-6-27-20/h8,10-12,15-16H,4-7,9,13H2,1-3H3/t15-,16+/m0/s1. The molecular weight excluding hydrogens is 359 g/mol. The van der Waals surface area contributed by atoms with Crippen molar-refractivity contribution in [3.05, 3.63) is 46.9 Å². The van der Waals surface area contributed by atoms with Gasteiger partial charge in [0.05, 0.1) is 7.11 Å². The molecule has 28 heavy (non-hydrogen) atoms. The molecule has 2 aliphatic heterocycles. The van der Waals surface area contributed by atoms with Crippen LogP contribution in [0.4, 0.5) is 4.39 Å². The summed E-state index contributed by atoms with van der Waals surface area (Å²) < 4.78 is 31.1. The lowest BCUT2D eigenvalue weighted by atomic mass is 9.98. The second-order valence-electron chi connectivity index (χ2n) is 7.71. The monoisotopic (exact) mass is 386 g/mol. The van der Waals surface area contributed by atoms with E-state index in [1.165, 1.54) is 11.6 Å². The van der Waals surface area contributed by atoms with E-state index in [0.717, 1.165) is 31.6 Å². The van der Waals surface area contributed by atoms with Crippen LogP contribution in [0.3, 0.4) is 0 Å². The molecule has 2 aliphatic rings. The van der Waals surface area contributed by atoms with Crippen LogP contribution in [0.2, 0.25) is 0 Å². The Morgan fingerprint density at radius 2 is 1.96 bits per heavy atom. The van der Waals surface area contributed by atoms with Gasteiger partial charge in [0.1, 0.15) is 19.0 Å². The zero-order valence-electron chi connectivity index (χ0n) is 16.7. The molecule has 0 unspecified atom stereocenters. The number of aryl methyl sites for hydroxylation is 1. The second kappa shape index (κ2) is 7.95. The smallest absolute Gasteiger partial charge is 0.213 e. The first-order chi connectivity index (χ1) is 13.5. The van der Waals surface area contributed by atoms with Gasteiger partial charge in [-0.25, -0.2) is 9.37 Å². The van der Waals surface area contributed by atoms with Gasteiger partial charge in [0.25, 0.3) is 0 Å². The van der Waals surface area contributed by atoms with Gasteiger partial charge in [-0.2, -0.15) is 0 Å². The number of benzene rings is 1. The van der Waals surface area contributed by atoms with Gasteiger partial charge in [-0.1, -0.05) is 0 Å². The number of hydrogen-bond acceptors (Lipinski definition) is 5. The van der Waals surface area contributed by atoms with Crippen LogP contribution in [-0.2, 0) is 6.42 Å². The van der Waals surface area contributed by atoms with E-state index in [-0.39, 0.29) is 11.9 Å². The summed E-state index contributed by atoms with van der Waals surface area (Å²) in [5.41, 5.74) is 2.89. The minimum absolute atomic E-state index is 0.00506. The Hall–Kier alpha value is -2.34. The summed E-state index contributed by atoms with van der Waals surface area (Å²) in [6.45, 7) is 6.93. The van der Waals surface area contributed by atoms with E-state index < -0.39 is 0 Å². The first-order valence-corrected chi connectivity index (χ1v) is 9.88.